The first kappa shape index (κ1) is 27.9. The Bertz CT molecular complexity index is 1510. The Hall–Kier alpha value is -3.28. The number of hydrogen-bond donors (Lipinski definition) is 3. The maximum atomic E-state index is 13.5. The molecular weight excluding hydrogens is 538 g/mol. The van der Waals surface area contributed by atoms with Crippen molar-refractivity contribution in [2.75, 3.05) is 32.0 Å². The quantitative estimate of drug-likeness (QED) is 0.289. The number of thiazole rings is 1. The number of anilines is 1. The number of carbonyl (C=O) groups is 2. The van der Waals surface area contributed by atoms with Gasteiger partial charge in [-0.2, -0.15) is 0 Å². The van der Waals surface area contributed by atoms with E-state index in [9.17, 15) is 14.7 Å². The molecule has 3 N–H and O–H groups in total. The van der Waals surface area contributed by atoms with Crippen molar-refractivity contribution in [3.05, 3.63) is 46.6 Å². The van der Waals surface area contributed by atoms with E-state index >= 15 is 0 Å². The SMILES string of the molecule is CCc1cc(NC(=O)C(=O)N2C[C@@H](C)CC[C@@H]2c2ccc3sc([C@@H]4C[C@H]5CN(C)C[C@@]5(O)C4)nc3c2)cnc1N=N. The number of aryl methyl sites for hydroxylation is 1. The number of likely N-dealkylation sites (tertiary alicyclic amines) is 2. The van der Waals surface area contributed by atoms with Gasteiger partial charge in [0.05, 0.1) is 38.8 Å². The van der Waals surface area contributed by atoms with Gasteiger partial charge in [-0.25, -0.2) is 15.5 Å². The van der Waals surface area contributed by atoms with Gasteiger partial charge in [0, 0.05) is 37.0 Å². The number of likely N-dealkylation sites (N-methyl/N-ethyl adjacent to an activating group) is 1. The number of aromatic nitrogens is 2. The maximum absolute atomic E-state index is 13.5. The number of hydrogen-bond acceptors (Lipinski definition) is 9. The van der Waals surface area contributed by atoms with Crippen LogP contribution >= 0.6 is 11.3 Å². The molecule has 0 unspecified atom stereocenters. The van der Waals surface area contributed by atoms with Crippen LogP contribution in [0.25, 0.3) is 10.2 Å². The smallest absolute Gasteiger partial charge is 0.313 e. The number of nitrogens with zero attached hydrogens (tertiary/aromatic N) is 5. The van der Waals surface area contributed by atoms with Gasteiger partial charge in [0.25, 0.3) is 0 Å². The Kier molecular flexibility index (Phi) is 7.37. The first-order chi connectivity index (χ1) is 19.7. The van der Waals surface area contributed by atoms with Crippen LogP contribution in [0.4, 0.5) is 11.5 Å². The van der Waals surface area contributed by atoms with E-state index in [2.05, 4.69) is 52.5 Å². The normalized spacial score (nSPS) is 28.1. The molecule has 3 aromatic rings. The van der Waals surface area contributed by atoms with E-state index in [4.69, 9.17) is 10.5 Å². The number of aliphatic hydroxyl groups is 1. The van der Waals surface area contributed by atoms with Crippen LogP contribution in [0.5, 0.6) is 0 Å². The highest BCUT2D eigenvalue weighted by Crippen LogP contribution is 2.50. The zero-order valence-electron chi connectivity index (χ0n) is 23.8. The summed E-state index contributed by atoms with van der Waals surface area (Å²) >= 11 is 1.70. The number of benzene rings is 1. The molecule has 0 radical (unpaired) electrons. The minimum atomic E-state index is -0.698. The third-order valence-electron chi connectivity index (χ3n) is 9.13. The van der Waals surface area contributed by atoms with Crippen molar-refractivity contribution in [1.29, 1.82) is 5.53 Å². The van der Waals surface area contributed by atoms with Crippen LogP contribution in [-0.2, 0) is 16.0 Å². The summed E-state index contributed by atoms with van der Waals surface area (Å²) in [7, 11) is 2.07. The molecule has 2 aromatic heterocycles. The van der Waals surface area contributed by atoms with Crippen LogP contribution in [0.1, 0.15) is 67.6 Å². The Balaban J connectivity index is 1.21. The zero-order valence-corrected chi connectivity index (χ0v) is 24.6. The number of amides is 2. The Labute approximate surface area is 243 Å². The van der Waals surface area contributed by atoms with Gasteiger partial charge in [0.1, 0.15) is 0 Å². The topological polar surface area (TPSA) is 135 Å². The standard InChI is InChI=1S/C30H37N7O3S/c1-4-18-10-22(13-32-26(18)35-31)33-27(38)29(39)37-14-17(2)5-7-24(37)19-6-8-25-23(11-19)34-28(41-25)20-9-21-15-36(3)16-30(21,40)12-20/h6,8,10-11,13,17,20-21,24,31,40H,4-5,7,9,12,14-16H2,1-3H3,(H,33,38)/t17-,20+,21-,24+,30-/m0/s1. The summed E-state index contributed by atoms with van der Waals surface area (Å²) in [4.78, 5) is 39.7. The fraction of sp³-hybridized carbons (Fsp3) is 0.533. The lowest BCUT2D eigenvalue weighted by molar-refractivity contribution is -0.146. The van der Waals surface area contributed by atoms with E-state index in [0.717, 1.165) is 65.1 Å². The second-order valence-corrected chi connectivity index (χ2v) is 13.3. The number of rotatable bonds is 5. The van der Waals surface area contributed by atoms with Crippen molar-refractivity contribution in [1.82, 2.24) is 19.8 Å². The number of pyridine rings is 1. The molecule has 5 atom stereocenters. The van der Waals surface area contributed by atoms with E-state index in [0.29, 0.717) is 30.4 Å². The van der Waals surface area contributed by atoms with Crippen LogP contribution in [0, 0.1) is 17.4 Å². The van der Waals surface area contributed by atoms with Crippen molar-refractivity contribution < 1.29 is 14.7 Å². The zero-order chi connectivity index (χ0) is 28.9. The summed E-state index contributed by atoms with van der Waals surface area (Å²) < 4.78 is 1.10. The average molecular weight is 576 g/mol. The first-order valence-corrected chi connectivity index (χ1v) is 15.3. The molecule has 2 aliphatic heterocycles. The molecule has 2 saturated heterocycles. The lowest BCUT2D eigenvalue weighted by Crippen LogP contribution is -2.46. The monoisotopic (exact) mass is 575 g/mol. The molecule has 2 amide bonds. The third kappa shape index (κ3) is 5.26. The van der Waals surface area contributed by atoms with Gasteiger partial charge in [-0.15, -0.1) is 16.5 Å². The Morgan fingerprint density at radius 1 is 1.27 bits per heavy atom. The molecule has 10 nitrogen and oxygen atoms in total. The van der Waals surface area contributed by atoms with Crippen LogP contribution in [0.3, 0.4) is 0 Å². The molecule has 11 heteroatoms. The lowest BCUT2D eigenvalue weighted by atomic mass is 9.89. The van der Waals surface area contributed by atoms with Crippen molar-refractivity contribution in [3.8, 4) is 0 Å². The molecule has 6 rings (SSSR count). The molecule has 41 heavy (non-hydrogen) atoms. The highest BCUT2D eigenvalue weighted by atomic mass is 32.1. The molecule has 0 spiro atoms. The average Bonchev–Trinajstić information content (AvgIpc) is 3.60. The van der Waals surface area contributed by atoms with Crippen LogP contribution in [-0.4, -0.2) is 69.0 Å². The van der Waals surface area contributed by atoms with E-state index < -0.39 is 17.4 Å². The number of β-amino-alcohol motifs (C(OH)–C–C–N with tert-alkyl or cyclic N) is 1. The van der Waals surface area contributed by atoms with E-state index in [1.165, 1.54) is 6.20 Å². The molecule has 1 saturated carbocycles. The van der Waals surface area contributed by atoms with E-state index in [-0.39, 0.29) is 17.9 Å². The van der Waals surface area contributed by atoms with Crippen LogP contribution in [0.15, 0.2) is 35.6 Å². The fourth-order valence-electron chi connectivity index (χ4n) is 7.09. The first-order valence-electron chi connectivity index (χ1n) is 14.5. The van der Waals surface area contributed by atoms with Gasteiger partial charge in [-0.3, -0.25) is 9.59 Å². The summed E-state index contributed by atoms with van der Waals surface area (Å²) in [5.41, 5.74) is 9.69. The largest absolute Gasteiger partial charge is 0.388 e. The van der Waals surface area contributed by atoms with Gasteiger partial charge >= 0.3 is 11.8 Å². The van der Waals surface area contributed by atoms with E-state index in [1.54, 1.807) is 22.3 Å². The van der Waals surface area contributed by atoms with Gasteiger partial charge in [-0.1, -0.05) is 19.9 Å². The summed E-state index contributed by atoms with van der Waals surface area (Å²) in [6, 6.07) is 7.73. The summed E-state index contributed by atoms with van der Waals surface area (Å²) in [5.74, 6) is -0.106. The molecule has 1 aliphatic carbocycles. The van der Waals surface area contributed by atoms with Crippen molar-refractivity contribution >= 4 is 44.9 Å². The summed E-state index contributed by atoms with van der Waals surface area (Å²) in [5, 5.41) is 18.4. The molecule has 216 valence electrons. The lowest BCUT2D eigenvalue weighted by Gasteiger charge is -2.38. The fourth-order valence-corrected chi connectivity index (χ4v) is 8.15. The molecule has 3 aliphatic rings. The molecule has 1 aromatic carbocycles. The minimum absolute atomic E-state index is 0.213. The van der Waals surface area contributed by atoms with Gasteiger partial charge in [0.15, 0.2) is 5.82 Å². The number of fused-ring (bicyclic) bond motifs is 2. The van der Waals surface area contributed by atoms with Gasteiger partial charge in [-0.05, 0) is 68.8 Å². The summed E-state index contributed by atoms with van der Waals surface area (Å²) in [6.07, 6.45) is 5.48. The predicted molar refractivity (Wildman–Crippen MR) is 157 cm³/mol. The number of nitrogens with one attached hydrogen (secondary N) is 2. The highest BCUT2D eigenvalue weighted by molar-refractivity contribution is 7.18. The predicted octanol–water partition coefficient (Wildman–Crippen LogP) is 5.02. The van der Waals surface area contributed by atoms with Crippen molar-refractivity contribution in [3.63, 3.8) is 0 Å². The molecular formula is C30H37N7O3S. The maximum Gasteiger partial charge on any atom is 0.313 e. The van der Waals surface area contributed by atoms with Crippen LogP contribution in [0.2, 0.25) is 0 Å². The van der Waals surface area contributed by atoms with Crippen molar-refractivity contribution in [2.45, 2.75) is 63.5 Å². The second-order valence-electron chi connectivity index (χ2n) is 12.2. The van der Waals surface area contributed by atoms with Gasteiger partial charge in [0.2, 0.25) is 0 Å². The third-order valence-corrected chi connectivity index (χ3v) is 10.3. The van der Waals surface area contributed by atoms with Crippen molar-refractivity contribution in [2.24, 2.45) is 17.0 Å². The summed E-state index contributed by atoms with van der Waals surface area (Å²) in [6.45, 7) is 6.19. The molecule has 4 heterocycles. The molecule has 0 bridgehead atoms. The number of carbonyl (C=O) groups excluding carboxylic acids is 2. The number of piperidine rings is 1. The Morgan fingerprint density at radius 2 is 2.10 bits per heavy atom. The van der Waals surface area contributed by atoms with Crippen LogP contribution < -0.4 is 5.32 Å². The Morgan fingerprint density at radius 3 is 2.85 bits per heavy atom. The second kappa shape index (κ2) is 10.8. The van der Waals surface area contributed by atoms with E-state index in [1.807, 2.05) is 6.92 Å². The highest BCUT2D eigenvalue weighted by Gasteiger charge is 2.51. The minimum Gasteiger partial charge on any atom is -0.388 e. The molecule has 3 fully saturated rings. The van der Waals surface area contributed by atoms with Gasteiger partial charge < -0.3 is 20.2 Å².